The second-order valence-corrected chi connectivity index (χ2v) is 7.89. The third kappa shape index (κ3) is 3.65. The van der Waals surface area contributed by atoms with E-state index < -0.39 is 5.97 Å². The van der Waals surface area contributed by atoms with Crippen molar-refractivity contribution in [3.8, 4) is 17.2 Å². The fourth-order valence-electron chi connectivity index (χ4n) is 4.08. The third-order valence-electron chi connectivity index (χ3n) is 5.67. The molecule has 0 amide bonds. The van der Waals surface area contributed by atoms with Crippen LogP contribution in [0.5, 0.6) is 17.2 Å². The van der Waals surface area contributed by atoms with Crippen molar-refractivity contribution in [1.82, 2.24) is 4.57 Å². The van der Waals surface area contributed by atoms with E-state index >= 15 is 0 Å². The first-order valence-electron chi connectivity index (χ1n) is 10.4. The average molecular weight is 439 g/mol. The summed E-state index contributed by atoms with van der Waals surface area (Å²) in [5.41, 5.74) is 3.47. The molecule has 0 N–H and O–H groups in total. The number of Topliss-reactive ketones (excluding diaryl/α,β-unsaturated/α-hetero) is 1. The van der Waals surface area contributed by atoms with E-state index in [1.165, 1.54) is 7.11 Å². The normalized spacial score (nSPS) is 13.8. The lowest BCUT2D eigenvalue weighted by atomic mass is 10.0. The molecule has 0 spiro atoms. The maximum Gasteiger partial charge on any atom is 0.343 e. The number of ether oxygens (including phenoxy) is 3. The zero-order chi connectivity index (χ0) is 23.1. The van der Waals surface area contributed by atoms with E-state index in [-0.39, 0.29) is 11.5 Å². The first-order valence-corrected chi connectivity index (χ1v) is 10.4. The Kier molecular flexibility index (Phi) is 4.98. The molecule has 33 heavy (non-hydrogen) atoms. The van der Waals surface area contributed by atoms with E-state index in [0.717, 1.165) is 16.5 Å². The third-order valence-corrected chi connectivity index (χ3v) is 5.67. The number of carbonyl (C=O) groups is 2. The summed E-state index contributed by atoms with van der Waals surface area (Å²) < 4.78 is 18.6. The molecule has 0 bridgehead atoms. The lowest BCUT2D eigenvalue weighted by Gasteiger charge is -2.08. The molecule has 1 aliphatic heterocycles. The van der Waals surface area contributed by atoms with Crippen LogP contribution < -0.4 is 14.2 Å². The van der Waals surface area contributed by atoms with Crippen molar-refractivity contribution in [2.75, 3.05) is 7.11 Å². The first kappa shape index (κ1) is 20.6. The van der Waals surface area contributed by atoms with Crippen LogP contribution in [0.15, 0.2) is 72.6 Å². The van der Waals surface area contributed by atoms with Crippen LogP contribution >= 0.6 is 0 Å². The molecule has 0 atom stereocenters. The summed E-state index contributed by atoms with van der Waals surface area (Å²) in [5.74, 6) is 0.760. The molecular formula is C27H21NO5. The van der Waals surface area contributed by atoms with Crippen LogP contribution in [0.3, 0.4) is 0 Å². The molecule has 2 heterocycles. The maximum absolute atomic E-state index is 13.1. The van der Waals surface area contributed by atoms with E-state index in [1.807, 2.05) is 42.1 Å². The number of methoxy groups -OCH3 is 1. The maximum atomic E-state index is 13.1. The number of hydrogen-bond acceptors (Lipinski definition) is 5. The molecule has 1 aromatic heterocycles. The standard InChI is InChI=1S/C27H21NO5/c1-16-11-20(32-27(30)17-7-6-8-19(12-17)31-3)14-23-25(16)26(29)24(33-23)13-18-15-28(2)22-10-5-4-9-21(18)22/h4-15H,1-3H3/b24-13-. The van der Waals surface area contributed by atoms with Gasteiger partial charge in [0.05, 0.1) is 18.2 Å². The molecule has 4 aromatic rings. The van der Waals surface area contributed by atoms with Gasteiger partial charge >= 0.3 is 5.97 Å². The Balaban J connectivity index is 1.45. The number of aromatic nitrogens is 1. The van der Waals surface area contributed by atoms with Gasteiger partial charge in [0.25, 0.3) is 0 Å². The average Bonchev–Trinajstić information content (AvgIpc) is 3.30. The van der Waals surface area contributed by atoms with Crippen LogP contribution in [0.25, 0.3) is 17.0 Å². The summed E-state index contributed by atoms with van der Waals surface area (Å²) in [5, 5.41) is 1.03. The van der Waals surface area contributed by atoms with Crippen LogP contribution in [0.4, 0.5) is 0 Å². The largest absolute Gasteiger partial charge is 0.497 e. The highest BCUT2D eigenvalue weighted by molar-refractivity contribution is 6.16. The summed E-state index contributed by atoms with van der Waals surface area (Å²) in [4.78, 5) is 25.7. The van der Waals surface area contributed by atoms with Gasteiger partial charge in [0.15, 0.2) is 5.76 Å². The number of ketones is 1. The first-order chi connectivity index (χ1) is 15.9. The SMILES string of the molecule is COc1cccc(C(=O)Oc2cc(C)c3c(c2)O/C(=C\c2cn(C)c4ccccc24)C3=O)c1. The number of hydrogen-bond donors (Lipinski definition) is 0. The zero-order valence-electron chi connectivity index (χ0n) is 18.4. The number of fused-ring (bicyclic) bond motifs is 2. The van der Waals surface area contributed by atoms with Crippen molar-refractivity contribution in [3.63, 3.8) is 0 Å². The number of carbonyl (C=O) groups excluding carboxylic acids is 2. The molecule has 0 fully saturated rings. The highest BCUT2D eigenvalue weighted by atomic mass is 16.5. The Labute approximate surface area is 190 Å². The van der Waals surface area contributed by atoms with Gasteiger partial charge in [0.1, 0.15) is 17.2 Å². The summed E-state index contributed by atoms with van der Waals surface area (Å²) >= 11 is 0. The minimum atomic E-state index is -0.524. The Bertz CT molecular complexity index is 1460. The van der Waals surface area contributed by atoms with Crippen LogP contribution in [0, 0.1) is 6.92 Å². The number of esters is 1. The topological polar surface area (TPSA) is 66.8 Å². The van der Waals surface area contributed by atoms with Crippen molar-refractivity contribution in [2.24, 2.45) is 7.05 Å². The Morgan fingerprint density at radius 2 is 1.85 bits per heavy atom. The lowest BCUT2D eigenvalue weighted by molar-refractivity contribution is 0.0734. The Morgan fingerprint density at radius 3 is 2.67 bits per heavy atom. The van der Waals surface area contributed by atoms with Crippen molar-refractivity contribution >= 4 is 28.7 Å². The van der Waals surface area contributed by atoms with Gasteiger partial charge in [-0.2, -0.15) is 0 Å². The molecular weight excluding hydrogens is 418 g/mol. The van der Waals surface area contributed by atoms with Crippen molar-refractivity contribution in [2.45, 2.75) is 6.92 Å². The van der Waals surface area contributed by atoms with Crippen LogP contribution in [0.1, 0.15) is 31.8 Å². The van der Waals surface area contributed by atoms with E-state index in [9.17, 15) is 9.59 Å². The number of rotatable bonds is 4. The minimum absolute atomic E-state index is 0.193. The van der Waals surface area contributed by atoms with Gasteiger partial charge in [-0.1, -0.05) is 24.3 Å². The second-order valence-electron chi connectivity index (χ2n) is 7.89. The monoisotopic (exact) mass is 439 g/mol. The summed E-state index contributed by atoms with van der Waals surface area (Å²) in [6, 6.07) is 17.9. The van der Waals surface area contributed by atoms with Crippen LogP contribution in [-0.4, -0.2) is 23.4 Å². The highest BCUT2D eigenvalue weighted by Gasteiger charge is 2.30. The fraction of sp³-hybridized carbons (Fsp3) is 0.111. The van der Waals surface area contributed by atoms with Gasteiger partial charge in [-0.3, -0.25) is 4.79 Å². The zero-order valence-corrected chi connectivity index (χ0v) is 18.4. The van der Waals surface area contributed by atoms with E-state index in [0.29, 0.717) is 33.9 Å². The molecule has 0 unspecified atom stereocenters. The summed E-state index contributed by atoms with van der Waals surface area (Å²) in [6.07, 6.45) is 3.72. The summed E-state index contributed by atoms with van der Waals surface area (Å²) in [7, 11) is 3.50. The van der Waals surface area contributed by atoms with Gasteiger partial charge in [-0.15, -0.1) is 0 Å². The molecule has 6 nitrogen and oxygen atoms in total. The highest BCUT2D eigenvalue weighted by Crippen LogP contribution is 2.38. The fourth-order valence-corrected chi connectivity index (χ4v) is 4.08. The molecule has 0 saturated carbocycles. The number of benzene rings is 3. The molecule has 0 aliphatic carbocycles. The van der Waals surface area contributed by atoms with E-state index in [4.69, 9.17) is 14.2 Å². The van der Waals surface area contributed by atoms with Gasteiger partial charge < -0.3 is 18.8 Å². The summed E-state index contributed by atoms with van der Waals surface area (Å²) in [6.45, 7) is 1.80. The number of aryl methyl sites for hydroxylation is 2. The van der Waals surface area contributed by atoms with Crippen LogP contribution in [-0.2, 0) is 7.05 Å². The molecule has 0 saturated heterocycles. The molecule has 0 radical (unpaired) electrons. The molecule has 164 valence electrons. The number of para-hydroxylation sites is 1. The molecule has 1 aliphatic rings. The Hall–Kier alpha value is -4.32. The van der Waals surface area contributed by atoms with Gasteiger partial charge in [-0.25, -0.2) is 4.79 Å². The van der Waals surface area contributed by atoms with E-state index in [2.05, 4.69) is 0 Å². The quantitative estimate of drug-likeness (QED) is 0.244. The predicted molar refractivity (Wildman–Crippen MR) is 125 cm³/mol. The Morgan fingerprint density at radius 1 is 1.03 bits per heavy atom. The van der Waals surface area contributed by atoms with E-state index in [1.54, 1.807) is 49.4 Å². The number of allylic oxidation sites excluding steroid dienone is 1. The predicted octanol–water partition coefficient (Wildman–Crippen LogP) is 5.33. The smallest absolute Gasteiger partial charge is 0.343 e. The van der Waals surface area contributed by atoms with Crippen LogP contribution in [0.2, 0.25) is 0 Å². The van der Waals surface area contributed by atoms with Gasteiger partial charge in [0.2, 0.25) is 5.78 Å². The minimum Gasteiger partial charge on any atom is -0.497 e. The van der Waals surface area contributed by atoms with Gasteiger partial charge in [0, 0.05) is 35.8 Å². The van der Waals surface area contributed by atoms with Crippen molar-refractivity contribution < 1.29 is 23.8 Å². The van der Waals surface area contributed by atoms with Crippen molar-refractivity contribution in [3.05, 3.63) is 94.9 Å². The molecule has 3 aromatic carbocycles. The molecule has 6 heteroatoms. The van der Waals surface area contributed by atoms with Crippen molar-refractivity contribution in [1.29, 1.82) is 0 Å². The second kappa shape index (κ2) is 7.98. The number of nitrogens with zero attached hydrogens (tertiary/aromatic N) is 1. The van der Waals surface area contributed by atoms with Gasteiger partial charge in [-0.05, 0) is 48.9 Å². The molecule has 5 rings (SSSR count). The lowest BCUT2D eigenvalue weighted by Crippen LogP contribution is -2.09.